The first-order valence-corrected chi connectivity index (χ1v) is 10.7. The van der Waals surface area contributed by atoms with Crippen LogP contribution in [-0.2, 0) is 4.74 Å². The van der Waals surface area contributed by atoms with E-state index >= 15 is 0 Å². The first-order chi connectivity index (χ1) is 14.6. The fraction of sp³-hybridized carbons (Fsp3) is 0.333. The summed E-state index contributed by atoms with van der Waals surface area (Å²) < 4.78 is 19.8. The van der Waals surface area contributed by atoms with E-state index in [4.69, 9.17) is 15.5 Å². The van der Waals surface area contributed by atoms with Crippen LogP contribution < -0.4 is 16.0 Å². The second-order valence-corrected chi connectivity index (χ2v) is 8.15. The number of fused-ring (bicyclic) bond motifs is 1. The van der Waals surface area contributed by atoms with Gasteiger partial charge >= 0.3 is 6.09 Å². The molecule has 3 N–H and O–H groups in total. The molecular weight excluding hydrogens is 405 g/mol. The normalized spacial score (nSPS) is 14.8. The quantitative estimate of drug-likeness (QED) is 0.458. The number of aromatic nitrogens is 1. The Bertz CT molecular complexity index is 987. The molecule has 0 aliphatic carbocycles. The fourth-order valence-electron chi connectivity index (χ4n) is 3.37. The molecule has 0 radical (unpaired) electrons. The number of ether oxygens (including phenoxy) is 1. The maximum absolute atomic E-state index is 13.4. The Labute approximate surface area is 178 Å². The lowest BCUT2D eigenvalue weighted by Gasteiger charge is -2.34. The van der Waals surface area contributed by atoms with Crippen molar-refractivity contribution in [3.8, 4) is 0 Å². The second kappa shape index (κ2) is 9.27. The van der Waals surface area contributed by atoms with Gasteiger partial charge in [0, 0.05) is 38.4 Å². The lowest BCUT2D eigenvalue weighted by atomic mass is 10.3. The number of nitrogens with one attached hydrogen (secondary N) is 1. The van der Waals surface area contributed by atoms with Crippen molar-refractivity contribution < 1.29 is 13.9 Å². The molecule has 7 nitrogen and oxygen atoms in total. The second-order valence-electron chi connectivity index (χ2n) is 7.14. The van der Waals surface area contributed by atoms with Crippen molar-refractivity contribution in [2.24, 2.45) is 0 Å². The highest BCUT2D eigenvalue weighted by molar-refractivity contribution is 7.22. The molecule has 1 aromatic heterocycles. The molecule has 2 aromatic carbocycles. The topological polar surface area (TPSA) is 83.7 Å². The summed E-state index contributed by atoms with van der Waals surface area (Å²) in [6.45, 7) is 4.94. The van der Waals surface area contributed by atoms with Gasteiger partial charge in [-0.2, -0.15) is 0 Å². The van der Waals surface area contributed by atoms with Gasteiger partial charge in [0.25, 0.3) is 0 Å². The third-order valence-electron chi connectivity index (χ3n) is 5.02. The third-order valence-corrected chi connectivity index (χ3v) is 6.12. The highest BCUT2D eigenvalue weighted by Gasteiger charge is 2.19. The van der Waals surface area contributed by atoms with E-state index in [1.807, 2.05) is 18.2 Å². The average molecular weight is 430 g/mol. The van der Waals surface area contributed by atoms with Crippen molar-refractivity contribution in [3.63, 3.8) is 0 Å². The van der Waals surface area contributed by atoms with Gasteiger partial charge in [0.15, 0.2) is 5.13 Å². The van der Waals surface area contributed by atoms with Crippen LogP contribution >= 0.6 is 11.3 Å². The van der Waals surface area contributed by atoms with E-state index in [9.17, 15) is 9.18 Å². The molecule has 0 bridgehead atoms. The fourth-order valence-corrected chi connectivity index (χ4v) is 4.39. The van der Waals surface area contributed by atoms with Crippen molar-refractivity contribution in [2.45, 2.75) is 6.42 Å². The summed E-state index contributed by atoms with van der Waals surface area (Å²) in [6, 6.07) is 12.3. The van der Waals surface area contributed by atoms with E-state index in [2.05, 4.69) is 21.2 Å². The summed E-state index contributed by atoms with van der Waals surface area (Å²) in [4.78, 5) is 21.2. The molecule has 3 aromatic rings. The Morgan fingerprint density at radius 2 is 2.00 bits per heavy atom. The lowest BCUT2D eigenvalue weighted by Crippen LogP contribution is -2.46. The minimum absolute atomic E-state index is 0.0390. The lowest BCUT2D eigenvalue weighted by molar-refractivity contribution is 0.151. The number of hydrogen-bond acceptors (Lipinski definition) is 7. The summed E-state index contributed by atoms with van der Waals surface area (Å²) in [7, 11) is 0. The molecule has 9 heteroatoms. The molecule has 158 valence electrons. The number of carbonyl (C=O) groups excluding carboxylic acids is 1. The van der Waals surface area contributed by atoms with Gasteiger partial charge in [-0.15, -0.1) is 0 Å². The summed E-state index contributed by atoms with van der Waals surface area (Å²) in [5, 5.41) is 3.58. The van der Waals surface area contributed by atoms with Gasteiger partial charge in [0.1, 0.15) is 5.82 Å². The molecule has 0 spiro atoms. The number of nitrogens with zero attached hydrogens (tertiary/aromatic N) is 3. The van der Waals surface area contributed by atoms with Crippen LogP contribution in [0.4, 0.5) is 25.7 Å². The number of nitrogens with two attached hydrogens (primary N) is 1. The van der Waals surface area contributed by atoms with Crippen molar-refractivity contribution in [1.29, 1.82) is 0 Å². The van der Waals surface area contributed by atoms with Gasteiger partial charge in [0.2, 0.25) is 0 Å². The molecule has 1 fully saturated rings. The Morgan fingerprint density at radius 3 is 2.77 bits per heavy atom. The Balaban J connectivity index is 1.15. The van der Waals surface area contributed by atoms with Gasteiger partial charge < -0.3 is 15.4 Å². The van der Waals surface area contributed by atoms with Crippen molar-refractivity contribution in [1.82, 2.24) is 9.88 Å². The number of thiazole rings is 1. The van der Waals surface area contributed by atoms with Crippen LogP contribution in [-0.4, -0.2) is 55.3 Å². The van der Waals surface area contributed by atoms with Crippen LogP contribution in [0.3, 0.4) is 0 Å². The zero-order chi connectivity index (χ0) is 20.9. The van der Waals surface area contributed by atoms with Gasteiger partial charge in [-0.05, 0) is 36.8 Å². The number of amides is 1. The minimum Gasteiger partial charge on any atom is -0.449 e. The van der Waals surface area contributed by atoms with Gasteiger partial charge in [-0.25, -0.2) is 14.2 Å². The SMILES string of the molecule is Nc1ccc(NC(=O)OCCCN2CCN(c3nc4ccccc4s3)CC2)cc1F. The largest absolute Gasteiger partial charge is 0.449 e. The van der Waals surface area contributed by atoms with E-state index in [-0.39, 0.29) is 5.69 Å². The number of halogens is 1. The maximum atomic E-state index is 13.4. The van der Waals surface area contributed by atoms with E-state index in [1.165, 1.54) is 22.9 Å². The first kappa shape index (κ1) is 20.4. The molecule has 0 atom stereocenters. The number of para-hydroxylation sites is 1. The Morgan fingerprint density at radius 1 is 1.20 bits per heavy atom. The van der Waals surface area contributed by atoms with Crippen LogP contribution in [0.15, 0.2) is 42.5 Å². The van der Waals surface area contributed by atoms with E-state index < -0.39 is 11.9 Å². The third kappa shape index (κ3) is 4.98. The van der Waals surface area contributed by atoms with Crippen LogP contribution in [0.1, 0.15) is 6.42 Å². The zero-order valence-corrected chi connectivity index (χ0v) is 17.3. The molecular formula is C21H24FN5O2S. The average Bonchev–Trinajstić information content (AvgIpc) is 3.19. The van der Waals surface area contributed by atoms with E-state index in [0.717, 1.165) is 49.8 Å². The van der Waals surface area contributed by atoms with Crippen LogP contribution in [0.25, 0.3) is 10.2 Å². The highest BCUT2D eigenvalue weighted by Crippen LogP contribution is 2.29. The summed E-state index contributed by atoms with van der Waals surface area (Å²) in [6.07, 6.45) is 0.143. The molecule has 1 saturated heterocycles. The number of nitrogen functional groups attached to an aromatic ring is 1. The van der Waals surface area contributed by atoms with Crippen molar-refractivity contribution in [3.05, 3.63) is 48.3 Å². The Hall–Kier alpha value is -2.91. The molecule has 0 saturated carbocycles. The highest BCUT2D eigenvalue weighted by atomic mass is 32.1. The number of carbonyl (C=O) groups is 1. The molecule has 0 unspecified atom stereocenters. The standard InChI is InChI=1S/C21H24FN5O2S/c22-16-14-15(6-7-17(16)23)24-21(28)29-13-3-8-26-9-11-27(12-10-26)20-25-18-4-1-2-5-19(18)30-20/h1-2,4-7,14H,3,8-13,23H2,(H,24,28). The summed E-state index contributed by atoms with van der Waals surface area (Å²) in [5.74, 6) is -0.571. The smallest absolute Gasteiger partial charge is 0.411 e. The van der Waals surface area contributed by atoms with Gasteiger partial charge in [-0.1, -0.05) is 23.5 Å². The summed E-state index contributed by atoms with van der Waals surface area (Å²) in [5.41, 5.74) is 6.83. The number of rotatable bonds is 6. The number of benzene rings is 2. The molecule has 30 heavy (non-hydrogen) atoms. The summed E-state index contributed by atoms with van der Waals surface area (Å²) >= 11 is 1.73. The molecule has 1 amide bonds. The van der Waals surface area contributed by atoms with E-state index in [1.54, 1.807) is 11.3 Å². The predicted molar refractivity (Wildman–Crippen MR) is 119 cm³/mol. The predicted octanol–water partition coefficient (Wildman–Crippen LogP) is 3.78. The minimum atomic E-state index is -0.597. The van der Waals surface area contributed by atoms with Gasteiger partial charge in [-0.3, -0.25) is 10.2 Å². The number of hydrogen-bond donors (Lipinski definition) is 2. The van der Waals surface area contributed by atoms with Crippen LogP contribution in [0, 0.1) is 5.82 Å². The Kier molecular flexibility index (Phi) is 6.29. The zero-order valence-electron chi connectivity index (χ0n) is 16.5. The van der Waals surface area contributed by atoms with Crippen molar-refractivity contribution >= 4 is 44.2 Å². The van der Waals surface area contributed by atoms with Crippen LogP contribution in [0.5, 0.6) is 0 Å². The molecule has 1 aliphatic rings. The van der Waals surface area contributed by atoms with Crippen molar-refractivity contribution in [2.75, 3.05) is 55.3 Å². The maximum Gasteiger partial charge on any atom is 0.411 e. The van der Waals surface area contributed by atoms with Gasteiger partial charge in [0.05, 0.1) is 22.5 Å². The number of piperazine rings is 1. The monoisotopic (exact) mass is 429 g/mol. The molecule has 4 rings (SSSR count). The molecule has 1 aliphatic heterocycles. The van der Waals surface area contributed by atoms with E-state index in [0.29, 0.717) is 12.3 Å². The number of anilines is 3. The van der Waals surface area contributed by atoms with Crippen LogP contribution in [0.2, 0.25) is 0 Å². The molecule has 2 heterocycles. The first-order valence-electron chi connectivity index (χ1n) is 9.90.